The van der Waals surface area contributed by atoms with Crippen molar-refractivity contribution in [2.24, 2.45) is 23.7 Å². The highest BCUT2D eigenvalue weighted by Crippen LogP contribution is 2.59. The summed E-state index contributed by atoms with van der Waals surface area (Å²) in [4.78, 5) is 11.9. The maximum atomic E-state index is 11.9. The van der Waals surface area contributed by atoms with Gasteiger partial charge in [0.05, 0.1) is 0 Å². The van der Waals surface area contributed by atoms with E-state index in [0.717, 1.165) is 12.3 Å². The summed E-state index contributed by atoms with van der Waals surface area (Å²) in [6.45, 7) is 4.44. The van der Waals surface area contributed by atoms with E-state index in [9.17, 15) is 4.79 Å². The third-order valence-electron chi connectivity index (χ3n) is 4.60. The first kappa shape index (κ1) is 9.38. The largest absolute Gasteiger partial charge is 0.295 e. The number of allylic oxidation sites excluding steroid dienone is 4. The molecule has 15 heavy (non-hydrogen) atoms. The Hall–Kier alpha value is -0.850. The fourth-order valence-corrected chi connectivity index (χ4v) is 4.23. The Balaban J connectivity index is 2.06. The Labute approximate surface area is 91.2 Å². The molecule has 0 aromatic carbocycles. The Kier molecular flexibility index (Phi) is 1.92. The highest BCUT2D eigenvalue weighted by Gasteiger charge is 2.53. The lowest BCUT2D eigenvalue weighted by Crippen LogP contribution is -2.30. The van der Waals surface area contributed by atoms with Crippen LogP contribution in [0, 0.1) is 23.7 Å². The Morgan fingerprint density at radius 2 is 2.00 bits per heavy atom. The van der Waals surface area contributed by atoms with Gasteiger partial charge in [-0.2, -0.15) is 0 Å². The van der Waals surface area contributed by atoms with E-state index >= 15 is 0 Å². The van der Waals surface area contributed by atoms with E-state index in [1.807, 2.05) is 6.08 Å². The maximum Gasteiger partial charge on any atom is 0.159 e. The van der Waals surface area contributed by atoms with E-state index in [0.29, 0.717) is 23.5 Å². The van der Waals surface area contributed by atoms with Gasteiger partial charge >= 0.3 is 0 Å². The van der Waals surface area contributed by atoms with Crippen molar-refractivity contribution in [3.63, 3.8) is 0 Å². The molecule has 1 nitrogen and oxygen atoms in total. The van der Waals surface area contributed by atoms with Crippen LogP contribution in [0.1, 0.15) is 33.1 Å². The van der Waals surface area contributed by atoms with Crippen LogP contribution in [0.15, 0.2) is 23.3 Å². The van der Waals surface area contributed by atoms with Crippen molar-refractivity contribution in [1.29, 1.82) is 0 Å². The number of rotatable bonds is 0. The summed E-state index contributed by atoms with van der Waals surface area (Å²) in [6.07, 6.45) is 7.63. The van der Waals surface area contributed by atoms with Crippen molar-refractivity contribution in [2.75, 3.05) is 0 Å². The lowest BCUT2D eigenvalue weighted by atomic mass is 9.73. The number of hydrogen-bond donors (Lipinski definition) is 0. The van der Waals surface area contributed by atoms with Crippen molar-refractivity contribution in [3.05, 3.63) is 23.3 Å². The third kappa shape index (κ3) is 1.12. The molecule has 2 bridgehead atoms. The van der Waals surface area contributed by atoms with Crippen LogP contribution in [0.4, 0.5) is 0 Å². The zero-order valence-corrected chi connectivity index (χ0v) is 9.49. The molecule has 0 radical (unpaired) electrons. The van der Waals surface area contributed by atoms with Crippen LogP contribution < -0.4 is 0 Å². The van der Waals surface area contributed by atoms with Gasteiger partial charge in [0.15, 0.2) is 5.78 Å². The maximum absolute atomic E-state index is 11.9. The second-order valence-electron chi connectivity index (χ2n) is 5.48. The zero-order valence-electron chi connectivity index (χ0n) is 9.49. The fraction of sp³-hybridized carbons (Fsp3) is 0.643. The minimum absolute atomic E-state index is 0.346. The van der Waals surface area contributed by atoms with Gasteiger partial charge in [-0.25, -0.2) is 0 Å². The van der Waals surface area contributed by atoms with E-state index < -0.39 is 0 Å². The van der Waals surface area contributed by atoms with Crippen LogP contribution in [-0.2, 0) is 4.79 Å². The quantitative estimate of drug-likeness (QED) is 0.551. The lowest BCUT2D eigenvalue weighted by molar-refractivity contribution is -0.121. The minimum Gasteiger partial charge on any atom is -0.295 e. The number of fused-ring (bicyclic) bond motifs is 5. The van der Waals surface area contributed by atoms with Crippen LogP contribution in [0.3, 0.4) is 0 Å². The molecule has 0 heterocycles. The van der Waals surface area contributed by atoms with Gasteiger partial charge in [0.1, 0.15) is 0 Å². The molecule has 3 rings (SSSR count). The number of carbonyl (C=O) groups excluding carboxylic acids is 1. The van der Waals surface area contributed by atoms with Gasteiger partial charge in [-0.05, 0) is 56.9 Å². The summed E-state index contributed by atoms with van der Waals surface area (Å²) in [5.74, 6) is 2.73. The van der Waals surface area contributed by atoms with Crippen LogP contribution in [0.25, 0.3) is 0 Å². The molecule has 4 atom stereocenters. The topological polar surface area (TPSA) is 17.1 Å². The van der Waals surface area contributed by atoms with Crippen molar-refractivity contribution in [3.8, 4) is 0 Å². The molecule has 3 aliphatic carbocycles. The van der Waals surface area contributed by atoms with Gasteiger partial charge in [0, 0.05) is 5.92 Å². The molecule has 3 aliphatic rings. The van der Waals surface area contributed by atoms with Crippen molar-refractivity contribution < 1.29 is 4.79 Å². The normalized spacial score (nSPS) is 42.3. The average Bonchev–Trinajstić information content (AvgIpc) is 2.73. The molecule has 0 aromatic rings. The molecule has 4 unspecified atom stereocenters. The summed E-state index contributed by atoms with van der Waals surface area (Å²) in [5.41, 5.74) is 3.12. The van der Waals surface area contributed by atoms with E-state index in [4.69, 9.17) is 0 Å². The monoisotopic (exact) mass is 202 g/mol. The first-order valence-corrected chi connectivity index (χ1v) is 6.08. The summed E-state index contributed by atoms with van der Waals surface area (Å²) in [7, 11) is 0. The van der Waals surface area contributed by atoms with Gasteiger partial charge in [-0.15, -0.1) is 0 Å². The Bertz CT molecular complexity index is 371. The van der Waals surface area contributed by atoms with Crippen LogP contribution in [0.2, 0.25) is 0 Å². The van der Waals surface area contributed by atoms with Gasteiger partial charge in [-0.1, -0.05) is 17.2 Å². The number of carbonyl (C=O) groups is 1. The summed E-state index contributed by atoms with van der Waals surface area (Å²) in [6, 6.07) is 0. The highest BCUT2D eigenvalue weighted by molar-refractivity contribution is 5.94. The molecule has 80 valence electrons. The molecule has 2 saturated carbocycles. The van der Waals surface area contributed by atoms with Gasteiger partial charge in [-0.3, -0.25) is 4.79 Å². The van der Waals surface area contributed by atoms with Crippen LogP contribution in [0.5, 0.6) is 0 Å². The molecule has 0 N–H and O–H groups in total. The third-order valence-corrected chi connectivity index (χ3v) is 4.60. The molecule has 0 amide bonds. The van der Waals surface area contributed by atoms with Crippen molar-refractivity contribution in [1.82, 2.24) is 0 Å². The second-order valence-corrected chi connectivity index (χ2v) is 5.48. The van der Waals surface area contributed by atoms with Gasteiger partial charge in [0.2, 0.25) is 0 Å². The van der Waals surface area contributed by atoms with Gasteiger partial charge in [0.25, 0.3) is 0 Å². The molecule has 0 aliphatic heterocycles. The SMILES string of the molecule is CC(C)=C1C2CCC1C1C(=O)C=CCC21. The lowest BCUT2D eigenvalue weighted by Gasteiger charge is -2.30. The van der Waals surface area contributed by atoms with E-state index in [1.54, 1.807) is 5.57 Å². The van der Waals surface area contributed by atoms with Gasteiger partial charge < -0.3 is 0 Å². The van der Waals surface area contributed by atoms with Crippen molar-refractivity contribution >= 4 is 5.78 Å². The number of hydrogen-bond acceptors (Lipinski definition) is 1. The standard InChI is InChI=1S/C14H18O/c1-8(2)13-10-6-7-11(13)14-9(10)4-3-5-12(14)15/h3,5,9-11,14H,4,6-7H2,1-2H3. The molecule has 2 fully saturated rings. The molecule has 1 heteroatoms. The van der Waals surface area contributed by atoms with E-state index in [1.165, 1.54) is 18.4 Å². The van der Waals surface area contributed by atoms with Crippen molar-refractivity contribution in [2.45, 2.75) is 33.1 Å². The number of ketones is 1. The molecular formula is C14H18O. The first-order valence-electron chi connectivity index (χ1n) is 6.08. The minimum atomic E-state index is 0.346. The summed E-state index contributed by atoms with van der Waals surface area (Å²) < 4.78 is 0. The zero-order chi connectivity index (χ0) is 10.6. The fourth-order valence-electron chi connectivity index (χ4n) is 4.23. The molecule has 0 aromatic heterocycles. The Morgan fingerprint density at radius 1 is 1.27 bits per heavy atom. The molecule has 0 spiro atoms. The molecule has 0 saturated heterocycles. The summed E-state index contributed by atoms with van der Waals surface area (Å²) in [5, 5.41) is 0. The predicted octanol–water partition coefficient (Wildman–Crippen LogP) is 3.12. The Morgan fingerprint density at radius 3 is 2.67 bits per heavy atom. The molecular weight excluding hydrogens is 184 g/mol. The van der Waals surface area contributed by atoms with E-state index in [-0.39, 0.29) is 0 Å². The summed E-state index contributed by atoms with van der Waals surface area (Å²) >= 11 is 0. The average molecular weight is 202 g/mol. The van der Waals surface area contributed by atoms with Crippen LogP contribution in [-0.4, -0.2) is 5.78 Å². The van der Waals surface area contributed by atoms with Crippen LogP contribution >= 0.6 is 0 Å². The predicted molar refractivity (Wildman–Crippen MR) is 60.3 cm³/mol. The van der Waals surface area contributed by atoms with E-state index in [2.05, 4.69) is 19.9 Å². The first-order chi connectivity index (χ1) is 7.20. The smallest absolute Gasteiger partial charge is 0.159 e. The highest BCUT2D eigenvalue weighted by atomic mass is 16.1. The second kappa shape index (κ2) is 3.07.